The van der Waals surface area contributed by atoms with Crippen molar-refractivity contribution in [1.29, 1.82) is 0 Å². The van der Waals surface area contributed by atoms with Crippen LogP contribution >= 0.6 is 0 Å². The maximum atomic E-state index is 14.3. The molecule has 8 nitrogen and oxygen atoms in total. The minimum absolute atomic E-state index is 0.0570. The highest BCUT2D eigenvalue weighted by atomic mass is 19.1. The molecule has 0 aliphatic heterocycles. The Bertz CT molecular complexity index is 1420. The molecule has 0 aliphatic rings. The highest BCUT2D eigenvalue weighted by Crippen LogP contribution is 2.26. The lowest BCUT2D eigenvalue weighted by molar-refractivity contribution is -0.611. The Kier molecular flexibility index (Phi) is 7.10. The van der Waals surface area contributed by atoms with Gasteiger partial charge in [-0.3, -0.25) is 9.59 Å². The molecule has 4 aromatic rings. The number of nitrogens with zero attached hydrogens (tertiary/aromatic N) is 2. The summed E-state index contributed by atoms with van der Waals surface area (Å²) in [6.07, 6.45) is 2.60. The Labute approximate surface area is 207 Å². The molecule has 0 bridgehead atoms. The van der Waals surface area contributed by atoms with E-state index in [0.717, 1.165) is 21.4 Å². The van der Waals surface area contributed by atoms with Gasteiger partial charge in [-0.15, -0.1) is 0 Å². The lowest BCUT2D eigenvalue weighted by Crippen LogP contribution is -2.45. The van der Waals surface area contributed by atoms with E-state index in [1.807, 2.05) is 6.92 Å². The Hall–Kier alpha value is -4.53. The van der Waals surface area contributed by atoms with Gasteiger partial charge in [-0.2, -0.15) is 4.73 Å². The highest BCUT2D eigenvalue weighted by Gasteiger charge is 2.25. The summed E-state index contributed by atoms with van der Waals surface area (Å²) in [7, 11) is 0. The molecule has 2 aromatic heterocycles. The third kappa shape index (κ3) is 5.25. The summed E-state index contributed by atoms with van der Waals surface area (Å²) < 4.78 is 20.0. The Morgan fingerprint density at radius 1 is 1.08 bits per heavy atom. The van der Waals surface area contributed by atoms with E-state index in [-0.39, 0.29) is 17.5 Å². The molecule has 0 aliphatic carbocycles. The Morgan fingerprint density at radius 2 is 1.81 bits per heavy atom. The standard InChI is InChI=1S/C27H25FN4O4/c1-16-12-13-32(35)18(3)25(16)19-8-10-21(11-9-19)29-27(34)24(14-20-6-4-5-7-23(20)28)30-26(33)22-15-36-31-17(22)2/h4-13,15,24H,14H2,1-3H3,(H,29,34)(H,30,33). The first-order chi connectivity index (χ1) is 17.2. The Morgan fingerprint density at radius 3 is 2.47 bits per heavy atom. The van der Waals surface area contributed by atoms with Crippen LogP contribution in [0.5, 0.6) is 0 Å². The smallest absolute Gasteiger partial charge is 0.257 e. The van der Waals surface area contributed by atoms with E-state index in [0.29, 0.717) is 17.1 Å². The number of halogens is 1. The topological polar surface area (TPSA) is 111 Å². The summed E-state index contributed by atoms with van der Waals surface area (Å²) >= 11 is 0. The number of carbonyl (C=O) groups is 2. The SMILES string of the molecule is Cc1cc[n+]([O-])c(C)c1-c1ccc(NC(=O)C(Cc2ccccc2F)NC(=O)c2conc2C)cc1. The van der Waals surface area contributed by atoms with Gasteiger partial charge in [-0.25, -0.2) is 4.39 Å². The van der Waals surface area contributed by atoms with Crippen molar-refractivity contribution in [1.82, 2.24) is 10.5 Å². The predicted molar refractivity (Wildman–Crippen MR) is 132 cm³/mol. The van der Waals surface area contributed by atoms with Gasteiger partial charge >= 0.3 is 0 Å². The maximum absolute atomic E-state index is 14.3. The molecular weight excluding hydrogens is 463 g/mol. The van der Waals surface area contributed by atoms with Crippen LogP contribution in [-0.4, -0.2) is 23.0 Å². The zero-order valence-electron chi connectivity index (χ0n) is 20.0. The monoisotopic (exact) mass is 488 g/mol. The third-order valence-electron chi connectivity index (χ3n) is 5.99. The van der Waals surface area contributed by atoms with Crippen LogP contribution in [0.25, 0.3) is 11.1 Å². The van der Waals surface area contributed by atoms with Crippen molar-refractivity contribution in [2.75, 3.05) is 5.32 Å². The van der Waals surface area contributed by atoms with Gasteiger partial charge in [0.05, 0.1) is 11.3 Å². The second-order valence-corrected chi connectivity index (χ2v) is 8.49. The number of hydrogen-bond acceptors (Lipinski definition) is 5. The van der Waals surface area contributed by atoms with E-state index in [1.165, 1.54) is 18.5 Å². The van der Waals surface area contributed by atoms with Crippen molar-refractivity contribution in [3.63, 3.8) is 0 Å². The summed E-state index contributed by atoms with van der Waals surface area (Å²) in [6.45, 7) is 5.28. The number of anilines is 1. The number of pyridine rings is 1. The van der Waals surface area contributed by atoms with Crippen LogP contribution in [0, 0.1) is 31.8 Å². The van der Waals surface area contributed by atoms with Crippen molar-refractivity contribution in [2.24, 2.45) is 0 Å². The van der Waals surface area contributed by atoms with E-state index in [9.17, 15) is 19.2 Å². The Balaban J connectivity index is 1.56. The lowest BCUT2D eigenvalue weighted by Gasteiger charge is -2.19. The molecule has 2 N–H and O–H groups in total. The van der Waals surface area contributed by atoms with Crippen molar-refractivity contribution in [3.05, 3.63) is 106 Å². The average molecular weight is 489 g/mol. The van der Waals surface area contributed by atoms with E-state index >= 15 is 0 Å². The predicted octanol–water partition coefficient (Wildman–Crippen LogP) is 4.02. The lowest BCUT2D eigenvalue weighted by atomic mass is 9.99. The fourth-order valence-electron chi connectivity index (χ4n) is 4.00. The largest absolute Gasteiger partial charge is 0.618 e. The fraction of sp³-hybridized carbons (Fsp3) is 0.185. The molecule has 0 saturated heterocycles. The minimum atomic E-state index is -1.07. The van der Waals surface area contributed by atoms with E-state index in [2.05, 4.69) is 15.8 Å². The van der Waals surface area contributed by atoms with Crippen LogP contribution in [0.4, 0.5) is 10.1 Å². The van der Waals surface area contributed by atoms with Crippen molar-refractivity contribution in [3.8, 4) is 11.1 Å². The van der Waals surface area contributed by atoms with Crippen molar-refractivity contribution >= 4 is 17.5 Å². The average Bonchev–Trinajstić information content (AvgIpc) is 3.29. The van der Waals surface area contributed by atoms with Gasteiger partial charge in [0.15, 0.2) is 11.9 Å². The molecular formula is C27H25FN4O4. The molecule has 0 spiro atoms. The number of aryl methyl sites for hydroxylation is 2. The normalized spacial score (nSPS) is 11.7. The van der Waals surface area contributed by atoms with Crippen LogP contribution in [0.1, 0.15) is 32.9 Å². The maximum Gasteiger partial charge on any atom is 0.257 e. The molecule has 1 atom stereocenters. The molecule has 184 valence electrons. The van der Waals surface area contributed by atoms with Crippen LogP contribution in [0.15, 0.2) is 71.6 Å². The van der Waals surface area contributed by atoms with E-state index < -0.39 is 23.7 Å². The molecule has 1 unspecified atom stereocenters. The zero-order valence-corrected chi connectivity index (χ0v) is 20.0. The van der Waals surface area contributed by atoms with Crippen molar-refractivity contribution in [2.45, 2.75) is 33.2 Å². The summed E-state index contributed by atoms with van der Waals surface area (Å²) in [5, 5.41) is 21.1. The second-order valence-electron chi connectivity index (χ2n) is 8.49. The van der Waals surface area contributed by atoms with Gasteiger partial charge in [-0.1, -0.05) is 35.5 Å². The summed E-state index contributed by atoms with van der Waals surface area (Å²) in [6, 6.07) is 13.8. The van der Waals surface area contributed by atoms with Crippen LogP contribution < -0.4 is 15.4 Å². The van der Waals surface area contributed by atoms with Gasteiger partial charge in [0, 0.05) is 25.1 Å². The van der Waals surface area contributed by atoms with Crippen LogP contribution in [0.3, 0.4) is 0 Å². The first-order valence-electron chi connectivity index (χ1n) is 11.3. The molecule has 0 saturated carbocycles. The first-order valence-corrected chi connectivity index (χ1v) is 11.3. The first kappa shape index (κ1) is 24.6. The fourth-order valence-corrected chi connectivity index (χ4v) is 4.00. The molecule has 2 aromatic carbocycles. The van der Waals surface area contributed by atoms with Gasteiger partial charge in [0.2, 0.25) is 5.91 Å². The molecule has 36 heavy (non-hydrogen) atoms. The molecule has 0 fully saturated rings. The summed E-state index contributed by atoms with van der Waals surface area (Å²) in [5.74, 6) is -1.54. The second kappa shape index (κ2) is 10.4. The number of rotatable bonds is 7. The van der Waals surface area contributed by atoms with Gasteiger partial charge in [-0.05, 0) is 48.7 Å². The van der Waals surface area contributed by atoms with Crippen LogP contribution in [-0.2, 0) is 11.2 Å². The van der Waals surface area contributed by atoms with Crippen LogP contribution in [0.2, 0.25) is 0 Å². The number of amides is 2. The zero-order chi connectivity index (χ0) is 25.8. The number of hydrogen-bond donors (Lipinski definition) is 2. The number of nitrogens with one attached hydrogen (secondary N) is 2. The number of benzene rings is 2. The molecule has 2 amide bonds. The van der Waals surface area contributed by atoms with E-state index in [1.54, 1.807) is 62.4 Å². The third-order valence-corrected chi connectivity index (χ3v) is 5.99. The van der Waals surface area contributed by atoms with Gasteiger partial charge in [0.1, 0.15) is 23.7 Å². The minimum Gasteiger partial charge on any atom is -0.618 e. The van der Waals surface area contributed by atoms with E-state index in [4.69, 9.17) is 4.52 Å². The number of aromatic nitrogens is 2. The van der Waals surface area contributed by atoms with Crippen molar-refractivity contribution < 1.29 is 23.2 Å². The quantitative estimate of drug-likeness (QED) is 0.302. The molecule has 0 radical (unpaired) electrons. The summed E-state index contributed by atoms with van der Waals surface area (Å²) in [4.78, 5) is 25.9. The van der Waals surface area contributed by atoms with Gasteiger partial charge in [0.25, 0.3) is 5.91 Å². The molecule has 4 rings (SSSR count). The number of carbonyl (C=O) groups excluding carboxylic acids is 2. The highest BCUT2D eigenvalue weighted by molar-refractivity contribution is 6.01. The molecule has 2 heterocycles. The summed E-state index contributed by atoms with van der Waals surface area (Å²) in [5.41, 5.74) is 4.51. The van der Waals surface area contributed by atoms with Gasteiger partial charge < -0.3 is 20.4 Å². The molecule has 9 heteroatoms.